The zero-order valence-electron chi connectivity index (χ0n) is 14.1. The number of fused-ring (bicyclic) bond motifs is 4. The predicted octanol–water partition coefficient (Wildman–Crippen LogP) is 3.01. The first kappa shape index (κ1) is 14.0. The highest BCUT2D eigenvalue weighted by Gasteiger charge is 2.16. The fourth-order valence-corrected chi connectivity index (χ4v) is 3.45. The minimum atomic E-state index is 0.591. The van der Waals surface area contributed by atoms with Gasteiger partial charge in [-0.25, -0.2) is 15.0 Å². The van der Waals surface area contributed by atoms with Crippen molar-refractivity contribution in [2.75, 3.05) is 7.11 Å². The molecule has 5 aromatic heterocycles. The lowest BCUT2D eigenvalue weighted by Gasteiger charge is -2.00. The molecule has 0 amide bonds. The van der Waals surface area contributed by atoms with E-state index in [4.69, 9.17) is 9.72 Å². The van der Waals surface area contributed by atoms with Crippen LogP contribution < -0.4 is 4.74 Å². The quantitative estimate of drug-likeness (QED) is 0.539. The van der Waals surface area contributed by atoms with Crippen LogP contribution in [0.1, 0.15) is 0 Å². The Kier molecular flexibility index (Phi) is 2.71. The van der Waals surface area contributed by atoms with E-state index in [9.17, 15) is 0 Å². The molecular formula is C18H16N6O. The first-order valence-corrected chi connectivity index (χ1v) is 7.94. The number of rotatable bonds is 2. The van der Waals surface area contributed by atoms with Crippen LogP contribution in [0.5, 0.6) is 5.88 Å². The summed E-state index contributed by atoms with van der Waals surface area (Å²) in [6, 6.07) is 4.05. The molecule has 25 heavy (non-hydrogen) atoms. The zero-order valence-corrected chi connectivity index (χ0v) is 14.1. The fraction of sp³-hybridized carbons (Fsp3) is 0.167. The number of aromatic nitrogens is 6. The largest absolute Gasteiger partial charge is 0.481 e. The second-order valence-electron chi connectivity index (χ2n) is 6.17. The Morgan fingerprint density at radius 2 is 1.96 bits per heavy atom. The molecule has 0 atom stereocenters. The molecule has 0 spiro atoms. The average molecular weight is 332 g/mol. The van der Waals surface area contributed by atoms with Gasteiger partial charge in [0.15, 0.2) is 5.65 Å². The van der Waals surface area contributed by atoms with E-state index in [0.29, 0.717) is 5.88 Å². The smallest absolute Gasteiger partial charge is 0.213 e. The van der Waals surface area contributed by atoms with Gasteiger partial charge in [-0.1, -0.05) is 0 Å². The summed E-state index contributed by atoms with van der Waals surface area (Å²) >= 11 is 0. The Morgan fingerprint density at radius 3 is 2.80 bits per heavy atom. The van der Waals surface area contributed by atoms with Crippen molar-refractivity contribution in [3.8, 4) is 17.1 Å². The highest BCUT2D eigenvalue weighted by molar-refractivity contribution is 6.06. The number of pyridine rings is 2. The fourth-order valence-electron chi connectivity index (χ4n) is 3.45. The van der Waals surface area contributed by atoms with Crippen molar-refractivity contribution < 1.29 is 4.74 Å². The van der Waals surface area contributed by atoms with E-state index >= 15 is 0 Å². The van der Waals surface area contributed by atoms with E-state index in [0.717, 1.165) is 44.1 Å². The molecule has 0 bridgehead atoms. The number of nitrogens with one attached hydrogen (secondary N) is 1. The van der Waals surface area contributed by atoms with Crippen LogP contribution in [0.4, 0.5) is 0 Å². The maximum absolute atomic E-state index is 5.28. The lowest BCUT2D eigenvalue weighted by Crippen LogP contribution is -1.89. The molecule has 0 aliphatic rings. The summed E-state index contributed by atoms with van der Waals surface area (Å²) in [6.07, 6.45) is 7.69. The van der Waals surface area contributed by atoms with Gasteiger partial charge in [0.1, 0.15) is 0 Å². The number of hydrogen-bond acceptors (Lipinski definition) is 4. The number of methoxy groups -OCH3 is 1. The number of H-pyrrole nitrogens is 1. The van der Waals surface area contributed by atoms with Crippen LogP contribution in [0.3, 0.4) is 0 Å². The highest BCUT2D eigenvalue weighted by Crippen LogP contribution is 2.34. The number of aryl methyl sites for hydroxylation is 2. The number of nitrogens with zero attached hydrogens (tertiary/aromatic N) is 5. The Labute approximate surface area is 142 Å². The van der Waals surface area contributed by atoms with Crippen molar-refractivity contribution in [1.82, 2.24) is 29.3 Å². The van der Waals surface area contributed by atoms with Crippen molar-refractivity contribution in [2.24, 2.45) is 14.1 Å². The summed E-state index contributed by atoms with van der Waals surface area (Å²) in [5.74, 6) is 0.591. The SMILES string of the molecule is COc1cc2c(-c3cc4c(ncc5c[nH]n(C)c54)n3)cn(C)c2cn1. The highest BCUT2D eigenvalue weighted by atomic mass is 16.5. The summed E-state index contributed by atoms with van der Waals surface area (Å²) in [5, 5.41) is 6.35. The first-order valence-electron chi connectivity index (χ1n) is 7.94. The Hall–Kier alpha value is -3.35. The lowest BCUT2D eigenvalue weighted by atomic mass is 10.1. The minimum absolute atomic E-state index is 0.591. The molecule has 1 N–H and O–H groups in total. The monoisotopic (exact) mass is 332 g/mol. The van der Waals surface area contributed by atoms with Gasteiger partial charge in [0.05, 0.1) is 30.0 Å². The molecule has 7 nitrogen and oxygen atoms in total. The molecule has 5 rings (SSSR count). The van der Waals surface area contributed by atoms with Gasteiger partial charge >= 0.3 is 0 Å². The third kappa shape index (κ3) is 1.89. The van der Waals surface area contributed by atoms with E-state index < -0.39 is 0 Å². The first-order chi connectivity index (χ1) is 12.2. The molecule has 0 radical (unpaired) electrons. The molecule has 0 aliphatic heterocycles. The lowest BCUT2D eigenvalue weighted by molar-refractivity contribution is 0.398. The van der Waals surface area contributed by atoms with E-state index in [-0.39, 0.29) is 0 Å². The molecule has 0 saturated heterocycles. The van der Waals surface area contributed by atoms with Gasteiger partial charge in [0.25, 0.3) is 0 Å². The summed E-state index contributed by atoms with van der Waals surface area (Å²) in [7, 11) is 5.62. The van der Waals surface area contributed by atoms with Gasteiger partial charge in [0, 0.05) is 60.5 Å². The minimum Gasteiger partial charge on any atom is -0.481 e. The van der Waals surface area contributed by atoms with E-state index in [1.54, 1.807) is 7.11 Å². The molecule has 0 aromatic carbocycles. The van der Waals surface area contributed by atoms with Gasteiger partial charge < -0.3 is 14.4 Å². The van der Waals surface area contributed by atoms with Gasteiger partial charge in [-0.15, -0.1) is 0 Å². The van der Waals surface area contributed by atoms with Crippen molar-refractivity contribution in [3.63, 3.8) is 0 Å². The van der Waals surface area contributed by atoms with E-state index in [1.807, 2.05) is 43.4 Å². The summed E-state index contributed by atoms with van der Waals surface area (Å²) in [5.41, 5.74) is 4.82. The molecule has 5 heterocycles. The third-order valence-electron chi connectivity index (χ3n) is 4.69. The van der Waals surface area contributed by atoms with Crippen LogP contribution in [0.25, 0.3) is 44.1 Å². The molecule has 0 aliphatic carbocycles. The normalized spacial score (nSPS) is 11.8. The molecule has 0 fully saturated rings. The standard InChI is InChI=1S/C18H16N6O/c1-23-9-13(11-5-16(25-3)19-8-15(11)23)14-4-12-17-10(7-21-24(17)2)6-20-18(12)22-14/h4-9,21H,1-3H3. The number of hydrogen-bond donors (Lipinski definition) is 1. The van der Waals surface area contributed by atoms with Crippen molar-refractivity contribution in [2.45, 2.75) is 0 Å². The summed E-state index contributed by atoms with van der Waals surface area (Å²) in [4.78, 5) is 13.6. The van der Waals surface area contributed by atoms with Gasteiger partial charge in [-0.2, -0.15) is 0 Å². The summed E-state index contributed by atoms with van der Waals surface area (Å²) in [6.45, 7) is 0. The molecule has 0 saturated carbocycles. The van der Waals surface area contributed by atoms with E-state index in [2.05, 4.69) is 31.9 Å². The topological polar surface area (TPSA) is 73.5 Å². The number of ether oxygens (including phenoxy) is 1. The molecule has 0 unspecified atom stereocenters. The number of aromatic amines is 1. The second-order valence-corrected chi connectivity index (χ2v) is 6.17. The molecule has 5 aromatic rings. The Morgan fingerprint density at radius 1 is 1.08 bits per heavy atom. The Bertz CT molecular complexity index is 1260. The van der Waals surface area contributed by atoms with Crippen LogP contribution in [0.15, 0.2) is 36.9 Å². The van der Waals surface area contributed by atoms with Crippen LogP contribution >= 0.6 is 0 Å². The molecular weight excluding hydrogens is 316 g/mol. The average Bonchev–Trinajstić information content (AvgIpc) is 3.30. The van der Waals surface area contributed by atoms with Crippen LogP contribution in [0.2, 0.25) is 0 Å². The van der Waals surface area contributed by atoms with Crippen LogP contribution in [-0.2, 0) is 14.1 Å². The van der Waals surface area contributed by atoms with Crippen molar-refractivity contribution in [1.29, 1.82) is 0 Å². The predicted molar refractivity (Wildman–Crippen MR) is 96.6 cm³/mol. The maximum Gasteiger partial charge on any atom is 0.213 e. The molecule has 124 valence electrons. The maximum atomic E-state index is 5.28. The van der Waals surface area contributed by atoms with Crippen molar-refractivity contribution >= 4 is 32.8 Å². The Balaban J connectivity index is 1.82. The van der Waals surface area contributed by atoms with Crippen LogP contribution in [-0.4, -0.2) is 36.4 Å². The second kappa shape index (κ2) is 4.83. The third-order valence-corrected chi connectivity index (χ3v) is 4.69. The summed E-state index contributed by atoms with van der Waals surface area (Å²) < 4.78 is 9.32. The zero-order chi connectivity index (χ0) is 17.1. The van der Waals surface area contributed by atoms with Crippen LogP contribution in [0, 0.1) is 0 Å². The van der Waals surface area contributed by atoms with Gasteiger partial charge in [0.2, 0.25) is 5.88 Å². The van der Waals surface area contributed by atoms with Crippen molar-refractivity contribution in [3.05, 3.63) is 36.9 Å². The molecule has 7 heteroatoms. The van der Waals surface area contributed by atoms with Gasteiger partial charge in [-0.3, -0.25) is 4.68 Å². The van der Waals surface area contributed by atoms with Gasteiger partial charge in [-0.05, 0) is 6.07 Å². The van der Waals surface area contributed by atoms with E-state index in [1.165, 1.54) is 0 Å².